The number of carbonyl (C=O) groups excluding carboxylic acids is 2. The van der Waals surface area contributed by atoms with Crippen molar-refractivity contribution < 1.29 is 28.9 Å². The molecule has 180 valence electrons. The van der Waals surface area contributed by atoms with Gasteiger partial charge in [-0.25, -0.2) is 0 Å². The molecule has 0 aromatic rings. The van der Waals surface area contributed by atoms with E-state index in [-0.39, 0.29) is 23.2 Å². The first-order valence-electron chi connectivity index (χ1n) is 12.1. The summed E-state index contributed by atoms with van der Waals surface area (Å²) in [7, 11) is 0. The van der Waals surface area contributed by atoms with E-state index >= 15 is 0 Å². The third-order valence-electron chi connectivity index (χ3n) is 8.58. The van der Waals surface area contributed by atoms with Crippen molar-refractivity contribution in [2.45, 2.75) is 97.7 Å². The first kappa shape index (κ1) is 25.0. The summed E-state index contributed by atoms with van der Waals surface area (Å²) in [6, 6.07) is 0. The van der Waals surface area contributed by atoms with Crippen LogP contribution in [0.2, 0.25) is 0 Å². The van der Waals surface area contributed by atoms with E-state index in [4.69, 9.17) is 14.2 Å². The molecule has 0 radical (unpaired) electrons. The van der Waals surface area contributed by atoms with Gasteiger partial charge < -0.3 is 19.3 Å². The lowest BCUT2D eigenvalue weighted by molar-refractivity contribution is -0.238. The minimum atomic E-state index is -0.809. The van der Waals surface area contributed by atoms with Gasteiger partial charge in [0.2, 0.25) is 12.6 Å². The molecule has 1 saturated heterocycles. The summed E-state index contributed by atoms with van der Waals surface area (Å²) in [4.78, 5) is 24.4. The summed E-state index contributed by atoms with van der Waals surface area (Å²) < 4.78 is 17.7. The van der Waals surface area contributed by atoms with Gasteiger partial charge in [-0.15, -0.1) is 0 Å². The fourth-order valence-corrected chi connectivity index (χ4v) is 6.65. The van der Waals surface area contributed by atoms with Crippen LogP contribution >= 0.6 is 0 Å². The van der Waals surface area contributed by atoms with Crippen molar-refractivity contribution in [2.75, 3.05) is 0 Å². The fraction of sp³-hybridized carbons (Fsp3) is 0.769. The number of hydrogen-bond acceptors (Lipinski definition) is 6. The molecule has 3 rings (SSSR count). The summed E-state index contributed by atoms with van der Waals surface area (Å²) in [6.07, 6.45) is 5.27. The molecular formula is C26H40O6. The topological polar surface area (TPSA) is 82.1 Å². The molecule has 6 nitrogen and oxygen atoms in total. The highest BCUT2D eigenvalue weighted by atomic mass is 16.8. The van der Waals surface area contributed by atoms with Gasteiger partial charge in [-0.2, -0.15) is 0 Å². The highest BCUT2D eigenvalue weighted by Crippen LogP contribution is 2.68. The lowest BCUT2D eigenvalue weighted by atomic mass is 9.44. The number of esters is 2. The first-order chi connectivity index (χ1) is 15.1. The number of hydrogen-bond donors (Lipinski definition) is 1. The van der Waals surface area contributed by atoms with E-state index < -0.39 is 30.1 Å². The van der Waals surface area contributed by atoms with Gasteiger partial charge in [-0.3, -0.25) is 9.59 Å². The highest BCUT2D eigenvalue weighted by Gasteiger charge is 2.70. The Morgan fingerprint density at radius 1 is 1.25 bits per heavy atom. The molecule has 2 aliphatic carbocycles. The fourth-order valence-electron chi connectivity index (χ4n) is 6.65. The third-order valence-corrected chi connectivity index (χ3v) is 8.58. The van der Waals surface area contributed by atoms with Gasteiger partial charge in [0.15, 0.2) is 0 Å². The Hall–Kier alpha value is -1.66. The maximum atomic E-state index is 12.3. The minimum Gasteiger partial charge on any atom is -0.435 e. The number of rotatable bonds is 8. The number of carbonyl (C=O) groups is 2. The summed E-state index contributed by atoms with van der Waals surface area (Å²) in [5.41, 5.74) is 0.392. The second kappa shape index (κ2) is 9.68. The van der Waals surface area contributed by atoms with Crippen LogP contribution in [0.5, 0.6) is 0 Å². The molecule has 1 spiro atoms. The molecule has 1 heterocycles. The smallest absolute Gasteiger partial charge is 0.308 e. The average molecular weight is 449 g/mol. The quantitative estimate of drug-likeness (QED) is 0.420. The Morgan fingerprint density at radius 3 is 2.59 bits per heavy atom. The molecular weight excluding hydrogens is 408 g/mol. The Morgan fingerprint density at radius 2 is 1.97 bits per heavy atom. The maximum Gasteiger partial charge on any atom is 0.308 e. The van der Waals surface area contributed by atoms with Gasteiger partial charge in [0, 0.05) is 24.7 Å². The predicted octanol–water partition coefficient (Wildman–Crippen LogP) is 4.91. The lowest BCUT2D eigenvalue weighted by Crippen LogP contribution is -2.60. The summed E-state index contributed by atoms with van der Waals surface area (Å²) in [5, 5.41) is 10.9. The molecule has 3 aliphatic rings. The summed E-state index contributed by atoms with van der Waals surface area (Å²) >= 11 is 0. The van der Waals surface area contributed by atoms with Crippen LogP contribution in [0.25, 0.3) is 0 Å². The third kappa shape index (κ3) is 4.41. The van der Waals surface area contributed by atoms with Crippen LogP contribution in [0.1, 0.15) is 79.1 Å². The van der Waals surface area contributed by atoms with Crippen molar-refractivity contribution in [1.29, 1.82) is 0 Å². The molecule has 0 aromatic heterocycles. The molecule has 2 saturated carbocycles. The minimum absolute atomic E-state index is 0.0596. The number of aliphatic hydroxyl groups is 1. The average Bonchev–Trinajstić information content (AvgIpc) is 3.00. The zero-order valence-electron chi connectivity index (χ0n) is 20.1. The predicted molar refractivity (Wildman–Crippen MR) is 121 cm³/mol. The molecule has 3 fully saturated rings. The van der Waals surface area contributed by atoms with Crippen LogP contribution in [0.3, 0.4) is 0 Å². The van der Waals surface area contributed by atoms with Gasteiger partial charge >= 0.3 is 11.9 Å². The normalized spacial score (nSPS) is 40.7. The molecule has 0 aromatic carbocycles. The highest BCUT2D eigenvalue weighted by molar-refractivity contribution is 5.69. The van der Waals surface area contributed by atoms with E-state index in [0.717, 1.165) is 31.3 Å². The van der Waals surface area contributed by atoms with Gasteiger partial charge in [0.25, 0.3) is 0 Å². The Labute approximate surface area is 192 Å². The van der Waals surface area contributed by atoms with Crippen molar-refractivity contribution in [2.24, 2.45) is 28.6 Å². The van der Waals surface area contributed by atoms with Crippen LogP contribution < -0.4 is 0 Å². The van der Waals surface area contributed by atoms with E-state index in [1.807, 2.05) is 6.92 Å². The number of ether oxygens (including phenoxy) is 3. The Balaban J connectivity index is 2.01. The van der Waals surface area contributed by atoms with Crippen molar-refractivity contribution in [3.8, 4) is 0 Å². The molecule has 8 atom stereocenters. The second-order valence-corrected chi connectivity index (χ2v) is 10.4. The van der Waals surface area contributed by atoms with E-state index in [1.54, 1.807) is 6.08 Å². The molecule has 1 aliphatic heterocycles. The number of allylic oxidation sites excluding steroid dienone is 2. The first-order valence-corrected chi connectivity index (χ1v) is 12.1. The molecule has 0 unspecified atom stereocenters. The largest absolute Gasteiger partial charge is 0.435 e. The summed E-state index contributed by atoms with van der Waals surface area (Å²) in [6.45, 7) is 15.8. The van der Waals surface area contributed by atoms with E-state index in [0.29, 0.717) is 31.6 Å². The van der Waals surface area contributed by atoms with Crippen molar-refractivity contribution in [3.05, 3.63) is 24.8 Å². The molecule has 1 N–H and O–H groups in total. The van der Waals surface area contributed by atoms with Gasteiger partial charge in [-0.1, -0.05) is 45.6 Å². The lowest BCUT2D eigenvalue weighted by Gasteiger charge is -2.61. The molecule has 6 heteroatoms. The monoisotopic (exact) mass is 448 g/mol. The summed E-state index contributed by atoms with van der Waals surface area (Å²) in [5.74, 6) is -0.461. The van der Waals surface area contributed by atoms with Gasteiger partial charge in [-0.05, 0) is 62.2 Å². The Kier molecular flexibility index (Phi) is 7.55. The van der Waals surface area contributed by atoms with Crippen molar-refractivity contribution in [3.63, 3.8) is 0 Å². The molecule has 0 bridgehead atoms. The second-order valence-electron chi connectivity index (χ2n) is 10.4. The van der Waals surface area contributed by atoms with Gasteiger partial charge in [0.1, 0.15) is 0 Å². The van der Waals surface area contributed by atoms with Crippen LogP contribution in [0.4, 0.5) is 0 Å². The van der Waals surface area contributed by atoms with E-state index in [1.165, 1.54) is 6.92 Å². The zero-order chi connectivity index (χ0) is 23.7. The van der Waals surface area contributed by atoms with E-state index in [2.05, 4.69) is 27.0 Å². The number of aliphatic hydroxyl groups excluding tert-OH is 1. The molecule has 32 heavy (non-hydrogen) atoms. The van der Waals surface area contributed by atoms with Crippen LogP contribution in [0.15, 0.2) is 24.8 Å². The SMILES string of the molecule is C=CC(=C)CC[C@]1(C)[C@H](C)CC[C@@]23[C@H](OC(C)=O)O[C@H](OC(=O)CCC)[C@@H]2C[C@@H](O)C[C@@H]13. The van der Waals surface area contributed by atoms with Crippen LogP contribution in [-0.4, -0.2) is 35.7 Å². The van der Waals surface area contributed by atoms with Crippen molar-refractivity contribution >= 4 is 11.9 Å². The molecule has 0 amide bonds. The zero-order valence-corrected chi connectivity index (χ0v) is 20.1. The maximum absolute atomic E-state index is 12.3. The Bertz CT molecular complexity index is 747. The van der Waals surface area contributed by atoms with Crippen molar-refractivity contribution in [1.82, 2.24) is 0 Å². The van der Waals surface area contributed by atoms with E-state index in [9.17, 15) is 14.7 Å². The standard InChI is InChI=1S/C26H40O6/c1-7-9-22(29)31-23-20-14-19(28)15-21-25(6,12-10-16(3)8-2)17(4)11-13-26(20,21)24(32-23)30-18(5)27/h8,17,19-21,23-24,28H,2-3,7,9-15H2,1,4-6H3/t17-,19-,20+,21+,23+,24-,25-,26-/m1/s1. The van der Waals surface area contributed by atoms with Crippen LogP contribution in [0, 0.1) is 28.6 Å². The van der Waals surface area contributed by atoms with Crippen LogP contribution in [-0.2, 0) is 23.8 Å². The van der Waals surface area contributed by atoms with Gasteiger partial charge in [0.05, 0.1) is 6.10 Å².